The van der Waals surface area contributed by atoms with Gasteiger partial charge in [0.1, 0.15) is 5.75 Å². The zero-order valence-electron chi connectivity index (χ0n) is 25.1. The minimum absolute atomic E-state index is 0.00872. The summed E-state index contributed by atoms with van der Waals surface area (Å²) in [4.78, 5) is 28.9. The van der Waals surface area contributed by atoms with Gasteiger partial charge in [-0.05, 0) is 69.8 Å². The molecule has 3 aromatic carbocycles. The number of ether oxygens (including phenoxy) is 2. The molecule has 0 saturated heterocycles. The fourth-order valence-corrected chi connectivity index (χ4v) is 5.31. The first-order chi connectivity index (χ1) is 20.3. The molecule has 0 saturated carbocycles. The third-order valence-electron chi connectivity index (χ3n) is 7.75. The molecule has 1 aliphatic rings. The van der Waals surface area contributed by atoms with Gasteiger partial charge in [0.05, 0.1) is 36.1 Å². The van der Waals surface area contributed by atoms with Gasteiger partial charge in [0, 0.05) is 36.7 Å². The van der Waals surface area contributed by atoms with E-state index in [1.165, 1.54) is 0 Å². The lowest BCUT2D eigenvalue weighted by atomic mass is 10.0. The fourth-order valence-electron chi connectivity index (χ4n) is 5.31. The molecule has 42 heavy (non-hydrogen) atoms. The van der Waals surface area contributed by atoms with Crippen LogP contribution in [0.4, 0.5) is 16.2 Å². The molecule has 0 bridgehead atoms. The van der Waals surface area contributed by atoms with Crippen molar-refractivity contribution in [3.05, 3.63) is 66.2 Å². The molecular weight excluding hydrogens is 532 g/mol. The zero-order chi connectivity index (χ0) is 30.1. The monoisotopic (exact) mass is 576 g/mol. The average molecular weight is 577 g/mol. The lowest BCUT2D eigenvalue weighted by molar-refractivity contribution is -0.000451. The molecule has 4 atom stereocenters. The molecular formula is C33H44N4O5. The number of hydrogen-bond donors (Lipinski definition) is 4. The second kappa shape index (κ2) is 15.0. The zero-order valence-corrected chi connectivity index (χ0v) is 25.1. The smallest absolute Gasteiger partial charge is 0.323 e. The first kappa shape index (κ1) is 31.3. The number of nitrogens with zero attached hydrogens (tertiary/aromatic N) is 1. The highest BCUT2D eigenvalue weighted by molar-refractivity contribution is 6.07. The number of carbonyl (C=O) groups excluding carboxylic acids is 2. The minimum Gasteiger partial charge on any atom is -0.490 e. The van der Waals surface area contributed by atoms with Gasteiger partial charge in [-0.3, -0.25) is 4.79 Å². The molecule has 0 radical (unpaired) electrons. The normalized spacial score (nSPS) is 21.1. The Hall–Kier alpha value is -3.66. The van der Waals surface area contributed by atoms with Crippen LogP contribution < -0.4 is 20.7 Å². The summed E-state index contributed by atoms with van der Waals surface area (Å²) in [6.45, 7) is 7.38. The number of likely N-dealkylation sites (N-methyl/N-ethyl adjacent to an activating group) is 1. The van der Waals surface area contributed by atoms with Crippen molar-refractivity contribution in [2.24, 2.45) is 5.92 Å². The number of rotatable bonds is 6. The van der Waals surface area contributed by atoms with E-state index in [2.05, 4.69) is 22.9 Å². The number of fused-ring (bicyclic) bond motifs is 2. The molecule has 0 fully saturated rings. The summed E-state index contributed by atoms with van der Waals surface area (Å²) in [7, 11) is 1.89. The lowest BCUT2D eigenvalue weighted by Crippen LogP contribution is -2.47. The number of aliphatic hydroxyl groups is 1. The predicted molar refractivity (Wildman–Crippen MR) is 167 cm³/mol. The Morgan fingerprint density at radius 1 is 1.07 bits per heavy atom. The summed E-state index contributed by atoms with van der Waals surface area (Å²) in [5.74, 6) is 0.189. The van der Waals surface area contributed by atoms with Crippen LogP contribution in [0.1, 0.15) is 50.4 Å². The van der Waals surface area contributed by atoms with Gasteiger partial charge in [-0.2, -0.15) is 0 Å². The molecule has 3 amide bonds. The van der Waals surface area contributed by atoms with E-state index >= 15 is 0 Å². The third-order valence-corrected chi connectivity index (χ3v) is 7.75. The number of hydrogen-bond acceptors (Lipinski definition) is 6. The molecule has 1 aliphatic heterocycles. The largest absolute Gasteiger partial charge is 0.490 e. The highest BCUT2D eigenvalue weighted by atomic mass is 16.5. The Balaban J connectivity index is 1.63. The van der Waals surface area contributed by atoms with E-state index in [0.29, 0.717) is 42.4 Å². The van der Waals surface area contributed by atoms with E-state index in [1.54, 1.807) is 23.1 Å². The number of carbonyl (C=O) groups is 2. The van der Waals surface area contributed by atoms with Gasteiger partial charge >= 0.3 is 6.03 Å². The quantitative estimate of drug-likeness (QED) is 0.308. The molecule has 9 heteroatoms. The van der Waals surface area contributed by atoms with Gasteiger partial charge in [0.15, 0.2) is 0 Å². The van der Waals surface area contributed by atoms with Crippen molar-refractivity contribution in [1.82, 2.24) is 10.2 Å². The maximum absolute atomic E-state index is 14.1. The molecule has 0 aliphatic carbocycles. The van der Waals surface area contributed by atoms with Gasteiger partial charge < -0.3 is 35.4 Å². The van der Waals surface area contributed by atoms with E-state index in [-0.39, 0.29) is 30.6 Å². The molecule has 1 heterocycles. The SMILES string of the molecule is CNC[C@@H]1OCCCC[C@@H](C)Oc2ccc(NC(=O)Nc3cccc4ccccc34)cc2C(=O)N([C@@H](C)CO)C[C@H]1C. The number of benzene rings is 3. The maximum atomic E-state index is 14.1. The van der Waals surface area contributed by atoms with Crippen molar-refractivity contribution in [1.29, 1.82) is 0 Å². The molecule has 0 spiro atoms. The van der Waals surface area contributed by atoms with Crippen LogP contribution in [0.15, 0.2) is 60.7 Å². The van der Waals surface area contributed by atoms with E-state index in [0.717, 1.165) is 30.0 Å². The Morgan fingerprint density at radius 3 is 2.64 bits per heavy atom. The lowest BCUT2D eigenvalue weighted by Gasteiger charge is -2.34. The number of amides is 3. The van der Waals surface area contributed by atoms with E-state index in [9.17, 15) is 14.7 Å². The van der Waals surface area contributed by atoms with Gasteiger partial charge in [0.2, 0.25) is 0 Å². The van der Waals surface area contributed by atoms with Crippen LogP contribution in [0.25, 0.3) is 10.8 Å². The molecule has 0 unspecified atom stereocenters. The Labute approximate surface area is 248 Å². The summed E-state index contributed by atoms with van der Waals surface area (Å²) < 4.78 is 12.5. The first-order valence-electron chi connectivity index (χ1n) is 14.8. The average Bonchev–Trinajstić information content (AvgIpc) is 2.98. The van der Waals surface area contributed by atoms with Gasteiger partial charge in [0.25, 0.3) is 5.91 Å². The predicted octanol–water partition coefficient (Wildman–Crippen LogP) is 5.50. The topological polar surface area (TPSA) is 112 Å². The maximum Gasteiger partial charge on any atom is 0.323 e. The highest BCUT2D eigenvalue weighted by Gasteiger charge is 2.29. The van der Waals surface area contributed by atoms with Crippen molar-refractivity contribution in [3.8, 4) is 5.75 Å². The number of nitrogens with one attached hydrogen (secondary N) is 3. The van der Waals surface area contributed by atoms with Gasteiger partial charge in [-0.1, -0.05) is 43.3 Å². The molecule has 0 aromatic heterocycles. The third kappa shape index (κ3) is 8.00. The second-order valence-electron chi connectivity index (χ2n) is 11.2. The second-order valence-corrected chi connectivity index (χ2v) is 11.2. The summed E-state index contributed by atoms with van der Waals surface area (Å²) in [5, 5.41) is 21.0. The number of urea groups is 1. The van der Waals surface area contributed by atoms with Gasteiger partial charge in [-0.15, -0.1) is 0 Å². The van der Waals surface area contributed by atoms with Gasteiger partial charge in [-0.25, -0.2) is 4.79 Å². The first-order valence-corrected chi connectivity index (χ1v) is 14.8. The fraction of sp³-hybridized carbons (Fsp3) is 0.455. The van der Waals surface area contributed by atoms with Crippen LogP contribution in [0.3, 0.4) is 0 Å². The summed E-state index contributed by atoms with van der Waals surface area (Å²) in [5.41, 5.74) is 1.48. The van der Waals surface area contributed by atoms with Crippen molar-refractivity contribution in [2.75, 3.05) is 44.0 Å². The van der Waals surface area contributed by atoms with Crippen LogP contribution in [-0.2, 0) is 4.74 Å². The summed E-state index contributed by atoms with van der Waals surface area (Å²) in [6, 6.07) is 17.9. The van der Waals surface area contributed by atoms with Crippen molar-refractivity contribution in [3.63, 3.8) is 0 Å². The molecule has 4 rings (SSSR count). The van der Waals surface area contributed by atoms with E-state index in [4.69, 9.17) is 9.47 Å². The minimum atomic E-state index is -0.431. The standard InChI is InChI=1S/C33H44N4O5/c1-22-20-37(23(2)21-38)32(39)28-18-26(35-33(40)36-29-14-9-12-25-11-5-6-13-27(25)29)15-16-30(28)42-24(3)10-7-8-17-41-31(22)19-34-4/h5-6,9,11-16,18,22-24,31,34,38H,7-8,10,17,19-21H2,1-4H3,(H2,35,36,40)/t22-,23+,24-,31+/m1/s1. The van der Waals surface area contributed by atoms with Crippen molar-refractivity contribution >= 4 is 34.1 Å². The summed E-state index contributed by atoms with van der Waals surface area (Å²) in [6.07, 6.45) is 2.46. The Bertz CT molecular complexity index is 1340. The van der Waals surface area contributed by atoms with Crippen LogP contribution in [-0.4, -0.2) is 73.5 Å². The molecule has 4 N–H and O–H groups in total. The van der Waals surface area contributed by atoms with E-state index < -0.39 is 12.1 Å². The van der Waals surface area contributed by atoms with Crippen molar-refractivity contribution in [2.45, 2.75) is 58.3 Å². The Morgan fingerprint density at radius 2 is 1.86 bits per heavy atom. The van der Waals surface area contributed by atoms with Crippen molar-refractivity contribution < 1.29 is 24.2 Å². The van der Waals surface area contributed by atoms with Crippen LogP contribution in [0.5, 0.6) is 5.75 Å². The molecule has 9 nitrogen and oxygen atoms in total. The van der Waals surface area contributed by atoms with Crippen LogP contribution >= 0.6 is 0 Å². The number of anilines is 2. The highest BCUT2D eigenvalue weighted by Crippen LogP contribution is 2.29. The summed E-state index contributed by atoms with van der Waals surface area (Å²) >= 11 is 0. The molecule has 226 valence electrons. The van der Waals surface area contributed by atoms with E-state index in [1.807, 2.05) is 63.4 Å². The van der Waals surface area contributed by atoms with Crippen LogP contribution in [0.2, 0.25) is 0 Å². The van der Waals surface area contributed by atoms with Crippen LogP contribution in [0, 0.1) is 5.92 Å². The molecule has 3 aromatic rings. The number of aliphatic hydroxyl groups excluding tert-OH is 1. The Kier molecular flexibility index (Phi) is 11.2.